The SMILES string of the molecule is CCOCCCNC(=O)[C@H]1CS[C@@]2(C)CCC(=O)N12. The van der Waals surface area contributed by atoms with Crippen molar-refractivity contribution >= 4 is 23.6 Å². The first-order valence-corrected chi connectivity index (χ1v) is 7.88. The Bertz CT molecular complexity index is 364. The van der Waals surface area contributed by atoms with Gasteiger partial charge in [0.2, 0.25) is 11.8 Å². The molecule has 0 saturated carbocycles. The summed E-state index contributed by atoms with van der Waals surface area (Å²) in [5, 5.41) is 2.91. The number of carbonyl (C=O) groups is 2. The highest BCUT2D eigenvalue weighted by molar-refractivity contribution is 8.01. The summed E-state index contributed by atoms with van der Waals surface area (Å²) in [7, 11) is 0. The molecule has 0 bridgehead atoms. The summed E-state index contributed by atoms with van der Waals surface area (Å²) in [5.41, 5.74) is 0. The molecule has 0 unspecified atom stereocenters. The quantitative estimate of drug-likeness (QED) is 0.740. The fraction of sp³-hybridized carbons (Fsp3) is 0.846. The molecule has 6 heteroatoms. The summed E-state index contributed by atoms with van der Waals surface area (Å²) in [4.78, 5) is 25.7. The number of thioether (sulfide) groups is 1. The van der Waals surface area contributed by atoms with Crippen LogP contribution in [0.25, 0.3) is 0 Å². The molecule has 2 amide bonds. The van der Waals surface area contributed by atoms with Gasteiger partial charge in [-0.25, -0.2) is 0 Å². The number of hydrogen-bond acceptors (Lipinski definition) is 4. The van der Waals surface area contributed by atoms with Crippen molar-refractivity contribution in [3.05, 3.63) is 0 Å². The first kappa shape index (κ1) is 14.7. The summed E-state index contributed by atoms with van der Waals surface area (Å²) in [5.74, 6) is 0.796. The zero-order valence-corrected chi connectivity index (χ0v) is 12.4. The Hall–Kier alpha value is -0.750. The summed E-state index contributed by atoms with van der Waals surface area (Å²) in [6, 6.07) is -0.294. The van der Waals surface area contributed by atoms with E-state index >= 15 is 0 Å². The lowest BCUT2D eigenvalue weighted by atomic mass is 10.2. The molecule has 0 aromatic rings. The average Bonchev–Trinajstić information content (AvgIpc) is 2.87. The van der Waals surface area contributed by atoms with E-state index < -0.39 is 0 Å². The Kier molecular flexibility index (Phi) is 4.73. The lowest BCUT2D eigenvalue weighted by Gasteiger charge is -2.29. The van der Waals surface area contributed by atoms with E-state index in [0.717, 1.165) is 12.8 Å². The van der Waals surface area contributed by atoms with Crippen LogP contribution < -0.4 is 5.32 Å². The first-order valence-electron chi connectivity index (χ1n) is 6.90. The molecule has 0 spiro atoms. The third kappa shape index (κ3) is 3.05. The predicted octanol–water partition coefficient (Wildman–Crippen LogP) is 0.983. The molecule has 0 aliphatic carbocycles. The van der Waals surface area contributed by atoms with Crippen molar-refractivity contribution in [3.8, 4) is 0 Å². The van der Waals surface area contributed by atoms with Crippen LogP contribution in [0.3, 0.4) is 0 Å². The van der Waals surface area contributed by atoms with Crippen molar-refractivity contribution in [2.75, 3.05) is 25.5 Å². The fourth-order valence-electron chi connectivity index (χ4n) is 2.66. The van der Waals surface area contributed by atoms with Gasteiger partial charge in [0, 0.05) is 31.9 Å². The van der Waals surface area contributed by atoms with Crippen molar-refractivity contribution in [2.45, 2.75) is 44.0 Å². The number of hydrogen-bond donors (Lipinski definition) is 1. The molecule has 2 heterocycles. The summed E-state index contributed by atoms with van der Waals surface area (Å²) in [6.07, 6.45) is 2.23. The van der Waals surface area contributed by atoms with Crippen LogP contribution in [-0.4, -0.2) is 53.1 Å². The van der Waals surface area contributed by atoms with Crippen molar-refractivity contribution in [1.82, 2.24) is 10.2 Å². The maximum absolute atomic E-state index is 12.1. The van der Waals surface area contributed by atoms with Gasteiger partial charge in [-0.1, -0.05) is 0 Å². The van der Waals surface area contributed by atoms with Crippen LogP contribution in [-0.2, 0) is 14.3 Å². The molecular formula is C13H22N2O3S. The normalized spacial score (nSPS) is 29.7. The number of carbonyl (C=O) groups excluding carboxylic acids is 2. The van der Waals surface area contributed by atoms with Gasteiger partial charge >= 0.3 is 0 Å². The molecular weight excluding hydrogens is 264 g/mol. The monoisotopic (exact) mass is 286 g/mol. The molecule has 108 valence electrons. The van der Waals surface area contributed by atoms with Crippen LogP contribution in [0.1, 0.15) is 33.1 Å². The number of fused-ring (bicyclic) bond motifs is 1. The third-order valence-electron chi connectivity index (χ3n) is 3.72. The van der Waals surface area contributed by atoms with E-state index in [2.05, 4.69) is 12.2 Å². The first-order chi connectivity index (χ1) is 9.08. The predicted molar refractivity (Wildman–Crippen MR) is 74.9 cm³/mol. The van der Waals surface area contributed by atoms with E-state index in [-0.39, 0.29) is 22.7 Å². The highest BCUT2D eigenvalue weighted by atomic mass is 32.2. The summed E-state index contributed by atoms with van der Waals surface area (Å²) in [6.45, 7) is 5.99. The van der Waals surface area contributed by atoms with Gasteiger partial charge in [-0.05, 0) is 26.7 Å². The van der Waals surface area contributed by atoms with Crippen LogP contribution >= 0.6 is 11.8 Å². The largest absolute Gasteiger partial charge is 0.382 e. The van der Waals surface area contributed by atoms with Crippen molar-refractivity contribution in [1.29, 1.82) is 0 Å². The lowest BCUT2D eigenvalue weighted by Crippen LogP contribution is -2.50. The Labute approximate surface area is 118 Å². The molecule has 2 aliphatic rings. The van der Waals surface area contributed by atoms with Gasteiger partial charge in [0.25, 0.3) is 0 Å². The van der Waals surface area contributed by atoms with Crippen LogP contribution in [0.5, 0.6) is 0 Å². The zero-order chi connectivity index (χ0) is 13.9. The van der Waals surface area contributed by atoms with Crippen LogP contribution in [0, 0.1) is 0 Å². The minimum absolute atomic E-state index is 0.0250. The van der Waals surface area contributed by atoms with Gasteiger partial charge in [-0.3, -0.25) is 9.59 Å². The van der Waals surface area contributed by atoms with E-state index in [1.54, 1.807) is 16.7 Å². The van der Waals surface area contributed by atoms with Gasteiger partial charge in [-0.2, -0.15) is 0 Å². The van der Waals surface area contributed by atoms with Crippen LogP contribution in [0.15, 0.2) is 0 Å². The molecule has 0 aromatic carbocycles. The molecule has 2 atom stereocenters. The summed E-state index contributed by atoms with van der Waals surface area (Å²) < 4.78 is 5.22. The van der Waals surface area contributed by atoms with Gasteiger partial charge < -0.3 is 15.0 Å². The molecule has 2 aliphatic heterocycles. The second-order valence-electron chi connectivity index (χ2n) is 5.11. The lowest BCUT2D eigenvalue weighted by molar-refractivity contribution is -0.137. The van der Waals surface area contributed by atoms with Crippen LogP contribution in [0.4, 0.5) is 0 Å². The Morgan fingerprint density at radius 3 is 3.16 bits per heavy atom. The van der Waals surface area contributed by atoms with Gasteiger partial charge in [0.15, 0.2) is 0 Å². The minimum Gasteiger partial charge on any atom is -0.382 e. The van der Waals surface area contributed by atoms with E-state index in [1.165, 1.54) is 0 Å². The van der Waals surface area contributed by atoms with Crippen molar-refractivity contribution < 1.29 is 14.3 Å². The second-order valence-corrected chi connectivity index (χ2v) is 6.61. The topological polar surface area (TPSA) is 58.6 Å². The molecule has 2 saturated heterocycles. The summed E-state index contributed by atoms with van der Waals surface area (Å²) >= 11 is 1.72. The highest BCUT2D eigenvalue weighted by Crippen LogP contribution is 2.47. The molecule has 2 rings (SSSR count). The van der Waals surface area contributed by atoms with E-state index in [9.17, 15) is 9.59 Å². The van der Waals surface area contributed by atoms with Gasteiger partial charge in [0.1, 0.15) is 6.04 Å². The van der Waals surface area contributed by atoms with Crippen molar-refractivity contribution in [3.63, 3.8) is 0 Å². The maximum atomic E-state index is 12.1. The fourth-order valence-corrected chi connectivity index (χ4v) is 4.09. The Morgan fingerprint density at radius 1 is 1.63 bits per heavy atom. The van der Waals surface area contributed by atoms with Gasteiger partial charge in [-0.15, -0.1) is 11.8 Å². The number of amides is 2. The Morgan fingerprint density at radius 2 is 2.42 bits per heavy atom. The number of nitrogens with zero attached hydrogens (tertiary/aromatic N) is 1. The van der Waals surface area contributed by atoms with Crippen molar-refractivity contribution in [2.24, 2.45) is 0 Å². The van der Waals surface area contributed by atoms with Crippen LogP contribution in [0.2, 0.25) is 0 Å². The smallest absolute Gasteiger partial charge is 0.243 e. The van der Waals surface area contributed by atoms with E-state index in [0.29, 0.717) is 31.9 Å². The molecule has 2 fully saturated rings. The minimum atomic E-state index is -0.294. The molecule has 1 N–H and O–H groups in total. The van der Waals surface area contributed by atoms with E-state index in [4.69, 9.17) is 4.74 Å². The molecule has 19 heavy (non-hydrogen) atoms. The van der Waals surface area contributed by atoms with Gasteiger partial charge in [0.05, 0.1) is 4.87 Å². The molecule has 5 nitrogen and oxygen atoms in total. The zero-order valence-electron chi connectivity index (χ0n) is 11.6. The number of nitrogens with one attached hydrogen (secondary N) is 1. The Balaban J connectivity index is 1.81. The number of rotatable bonds is 6. The third-order valence-corrected chi connectivity index (χ3v) is 5.22. The highest BCUT2D eigenvalue weighted by Gasteiger charge is 2.52. The molecule has 0 radical (unpaired) electrons. The van der Waals surface area contributed by atoms with E-state index in [1.807, 2.05) is 6.92 Å². The maximum Gasteiger partial charge on any atom is 0.243 e. The standard InChI is InChI=1S/C13H22N2O3S/c1-3-18-8-4-7-14-12(17)10-9-19-13(2)6-5-11(16)15(10)13/h10H,3-9H2,1-2H3,(H,14,17)/t10-,13+/m1/s1. The number of ether oxygens (including phenoxy) is 1. The average molecular weight is 286 g/mol. The molecule has 0 aromatic heterocycles. The second kappa shape index (κ2) is 6.13.